The first-order valence-electron chi connectivity index (χ1n) is 7.38. The van der Waals surface area contributed by atoms with Crippen molar-refractivity contribution in [2.75, 3.05) is 13.7 Å². The molecule has 3 heteroatoms. The van der Waals surface area contributed by atoms with Crippen molar-refractivity contribution in [1.82, 2.24) is 4.90 Å². The molecule has 1 saturated carbocycles. The van der Waals surface area contributed by atoms with Crippen LogP contribution in [0.3, 0.4) is 0 Å². The Morgan fingerprint density at radius 2 is 2.11 bits per heavy atom. The molecule has 2 atom stereocenters. The Bertz CT molecular complexity index is 446. The van der Waals surface area contributed by atoms with Gasteiger partial charge in [-0.15, -0.1) is 0 Å². The number of aromatic hydroxyl groups is 1. The van der Waals surface area contributed by atoms with Gasteiger partial charge in [0.15, 0.2) is 11.5 Å². The lowest BCUT2D eigenvalue weighted by molar-refractivity contribution is 0.176. The van der Waals surface area contributed by atoms with E-state index in [0.29, 0.717) is 5.75 Å². The van der Waals surface area contributed by atoms with E-state index in [4.69, 9.17) is 4.74 Å². The zero-order valence-electron chi connectivity index (χ0n) is 11.6. The highest BCUT2D eigenvalue weighted by atomic mass is 16.5. The number of fused-ring (bicyclic) bond motifs is 1. The molecule has 1 N–H and O–H groups in total. The molecule has 2 aliphatic rings. The van der Waals surface area contributed by atoms with Crippen LogP contribution >= 0.6 is 0 Å². The van der Waals surface area contributed by atoms with E-state index >= 15 is 0 Å². The van der Waals surface area contributed by atoms with E-state index < -0.39 is 0 Å². The van der Waals surface area contributed by atoms with Gasteiger partial charge in [0, 0.05) is 12.6 Å². The van der Waals surface area contributed by atoms with Crippen LogP contribution in [0.5, 0.6) is 11.5 Å². The number of methoxy groups -OCH3 is 1. The molecule has 0 radical (unpaired) electrons. The molecule has 2 unspecified atom stereocenters. The van der Waals surface area contributed by atoms with E-state index in [2.05, 4.69) is 4.90 Å². The summed E-state index contributed by atoms with van der Waals surface area (Å²) in [6, 6.07) is 6.50. The van der Waals surface area contributed by atoms with Gasteiger partial charge < -0.3 is 9.84 Å². The number of phenols is 1. The van der Waals surface area contributed by atoms with Crippen LogP contribution in [0.4, 0.5) is 0 Å². The molecule has 1 aromatic rings. The zero-order chi connectivity index (χ0) is 13.2. The first kappa shape index (κ1) is 12.8. The maximum Gasteiger partial charge on any atom is 0.160 e. The molecule has 0 amide bonds. The Kier molecular flexibility index (Phi) is 3.65. The molecule has 1 aromatic carbocycles. The topological polar surface area (TPSA) is 32.7 Å². The van der Waals surface area contributed by atoms with Crippen molar-refractivity contribution in [2.24, 2.45) is 5.92 Å². The van der Waals surface area contributed by atoms with Gasteiger partial charge in [0.25, 0.3) is 0 Å². The minimum atomic E-state index is 0.225. The van der Waals surface area contributed by atoms with E-state index in [1.165, 1.54) is 44.2 Å². The fourth-order valence-corrected chi connectivity index (χ4v) is 3.75. The van der Waals surface area contributed by atoms with E-state index in [1.807, 2.05) is 12.1 Å². The lowest BCUT2D eigenvalue weighted by atomic mass is 9.85. The van der Waals surface area contributed by atoms with Crippen LogP contribution in [-0.2, 0) is 6.54 Å². The van der Waals surface area contributed by atoms with Gasteiger partial charge in [0.2, 0.25) is 0 Å². The molecule has 1 aliphatic carbocycles. The Balaban J connectivity index is 1.71. The number of rotatable bonds is 3. The third-order valence-corrected chi connectivity index (χ3v) is 4.75. The number of nitrogens with zero attached hydrogens (tertiary/aromatic N) is 1. The smallest absolute Gasteiger partial charge is 0.160 e. The third kappa shape index (κ3) is 2.57. The number of ether oxygens (including phenoxy) is 1. The lowest BCUT2D eigenvalue weighted by Gasteiger charge is -2.31. The number of hydrogen-bond donors (Lipinski definition) is 1. The van der Waals surface area contributed by atoms with Gasteiger partial charge in [-0.3, -0.25) is 4.90 Å². The van der Waals surface area contributed by atoms with Gasteiger partial charge in [0.05, 0.1) is 7.11 Å². The first-order chi connectivity index (χ1) is 9.28. The van der Waals surface area contributed by atoms with Gasteiger partial charge in [-0.25, -0.2) is 0 Å². The second kappa shape index (κ2) is 5.41. The number of benzene rings is 1. The molecular weight excluding hydrogens is 238 g/mol. The molecule has 0 bridgehead atoms. The van der Waals surface area contributed by atoms with Crippen LogP contribution < -0.4 is 4.74 Å². The quantitative estimate of drug-likeness (QED) is 0.907. The maximum atomic E-state index is 9.64. The molecule has 19 heavy (non-hydrogen) atoms. The standard InChI is InChI=1S/C16H23NO2/c1-19-16-10-12(6-7-15(16)18)11-17-9-8-13-4-2-3-5-14(13)17/h6-7,10,13-14,18H,2-5,8-9,11H2,1H3. The van der Waals surface area contributed by atoms with Crippen LogP contribution in [-0.4, -0.2) is 29.7 Å². The van der Waals surface area contributed by atoms with E-state index in [-0.39, 0.29) is 5.75 Å². The molecule has 0 aromatic heterocycles. The molecule has 104 valence electrons. The minimum Gasteiger partial charge on any atom is -0.504 e. The van der Waals surface area contributed by atoms with E-state index in [9.17, 15) is 5.11 Å². The van der Waals surface area contributed by atoms with Gasteiger partial charge in [0.1, 0.15) is 0 Å². The Labute approximate surface area is 115 Å². The third-order valence-electron chi connectivity index (χ3n) is 4.75. The average molecular weight is 261 g/mol. The monoisotopic (exact) mass is 261 g/mol. The predicted molar refractivity (Wildman–Crippen MR) is 75.4 cm³/mol. The molecular formula is C16H23NO2. The Morgan fingerprint density at radius 1 is 1.26 bits per heavy atom. The number of phenolic OH excluding ortho intramolecular Hbond substituents is 1. The summed E-state index contributed by atoms with van der Waals surface area (Å²) in [5, 5.41) is 9.64. The van der Waals surface area contributed by atoms with Crippen molar-refractivity contribution in [3.8, 4) is 11.5 Å². The van der Waals surface area contributed by atoms with Crippen molar-refractivity contribution >= 4 is 0 Å². The van der Waals surface area contributed by atoms with Crippen molar-refractivity contribution in [3.05, 3.63) is 23.8 Å². The van der Waals surface area contributed by atoms with Crippen molar-refractivity contribution in [3.63, 3.8) is 0 Å². The summed E-state index contributed by atoms with van der Waals surface area (Å²) in [7, 11) is 1.60. The molecule has 2 fully saturated rings. The largest absolute Gasteiger partial charge is 0.504 e. The molecule has 1 heterocycles. The highest BCUT2D eigenvalue weighted by Gasteiger charge is 2.35. The van der Waals surface area contributed by atoms with Crippen LogP contribution in [0.1, 0.15) is 37.7 Å². The normalized spacial score (nSPS) is 27.2. The fourth-order valence-electron chi connectivity index (χ4n) is 3.75. The SMILES string of the molecule is COc1cc(CN2CCC3CCCCC32)ccc1O. The van der Waals surface area contributed by atoms with Crippen LogP contribution in [0.15, 0.2) is 18.2 Å². The van der Waals surface area contributed by atoms with E-state index in [0.717, 1.165) is 18.5 Å². The summed E-state index contributed by atoms with van der Waals surface area (Å²) in [6.07, 6.45) is 6.94. The predicted octanol–water partition coefficient (Wildman–Crippen LogP) is 3.17. The summed E-state index contributed by atoms with van der Waals surface area (Å²) in [4.78, 5) is 2.62. The summed E-state index contributed by atoms with van der Waals surface area (Å²) in [5.74, 6) is 1.73. The Hall–Kier alpha value is -1.22. The molecule has 3 nitrogen and oxygen atoms in total. The van der Waals surface area contributed by atoms with Crippen molar-refractivity contribution in [1.29, 1.82) is 0 Å². The second-order valence-corrected chi connectivity index (χ2v) is 5.88. The number of likely N-dealkylation sites (tertiary alicyclic amines) is 1. The lowest BCUT2D eigenvalue weighted by Crippen LogP contribution is -2.34. The van der Waals surface area contributed by atoms with Crippen LogP contribution in [0, 0.1) is 5.92 Å². The summed E-state index contributed by atoms with van der Waals surface area (Å²) >= 11 is 0. The van der Waals surface area contributed by atoms with Crippen molar-refractivity contribution < 1.29 is 9.84 Å². The second-order valence-electron chi connectivity index (χ2n) is 5.88. The van der Waals surface area contributed by atoms with Crippen LogP contribution in [0.2, 0.25) is 0 Å². The van der Waals surface area contributed by atoms with Gasteiger partial charge >= 0.3 is 0 Å². The minimum absolute atomic E-state index is 0.225. The number of hydrogen-bond acceptors (Lipinski definition) is 3. The maximum absolute atomic E-state index is 9.64. The van der Waals surface area contributed by atoms with Gasteiger partial charge in [-0.2, -0.15) is 0 Å². The summed E-state index contributed by atoms with van der Waals surface area (Å²) < 4.78 is 5.19. The molecule has 1 saturated heterocycles. The first-order valence-corrected chi connectivity index (χ1v) is 7.38. The highest BCUT2D eigenvalue weighted by Crippen LogP contribution is 2.37. The summed E-state index contributed by atoms with van der Waals surface area (Å²) in [6.45, 7) is 2.20. The van der Waals surface area contributed by atoms with E-state index in [1.54, 1.807) is 13.2 Å². The zero-order valence-corrected chi connectivity index (χ0v) is 11.6. The molecule has 0 spiro atoms. The Morgan fingerprint density at radius 3 is 2.95 bits per heavy atom. The highest BCUT2D eigenvalue weighted by molar-refractivity contribution is 5.41. The van der Waals surface area contributed by atoms with Gasteiger partial charge in [-0.05, 0) is 49.4 Å². The van der Waals surface area contributed by atoms with Gasteiger partial charge in [-0.1, -0.05) is 18.9 Å². The van der Waals surface area contributed by atoms with Crippen molar-refractivity contribution in [2.45, 2.75) is 44.7 Å². The molecule has 3 rings (SSSR count). The fraction of sp³-hybridized carbons (Fsp3) is 0.625. The molecule has 1 aliphatic heterocycles. The summed E-state index contributed by atoms with van der Waals surface area (Å²) in [5.41, 5.74) is 1.24. The average Bonchev–Trinajstić information content (AvgIpc) is 2.84. The van der Waals surface area contributed by atoms with Crippen LogP contribution in [0.25, 0.3) is 0 Å².